The van der Waals surface area contributed by atoms with E-state index in [1.165, 1.54) is 5.71 Å². The molecule has 76 valence electrons. The van der Waals surface area contributed by atoms with E-state index in [1.807, 2.05) is 13.8 Å². The lowest BCUT2D eigenvalue weighted by Gasteiger charge is -2.13. The molecule has 0 rings (SSSR count). The second-order valence-electron chi connectivity index (χ2n) is 3.57. The van der Waals surface area contributed by atoms with E-state index in [-0.39, 0.29) is 11.1 Å². The Hall–Kier alpha value is -0.370. The summed E-state index contributed by atoms with van der Waals surface area (Å²) in [6, 6.07) is 0. The van der Waals surface area contributed by atoms with Gasteiger partial charge in [-0.25, -0.2) is 0 Å². The van der Waals surface area contributed by atoms with Crippen LogP contribution in [0.15, 0.2) is 4.99 Å². The molecule has 0 amide bonds. The van der Waals surface area contributed by atoms with E-state index in [1.54, 1.807) is 0 Å². The molecule has 0 saturated carbocycles. The van der Waals surface area contributed by atoms with Crippen molar-refractivity contribution in [2.75, 3.05) is 6.54 Å². The molecule has 0 bridgehead atoms. The molecule has 0 aromatic heterocycles. The topological polar surface area (TPSA) is 36.2 Å². The summed E-state index contributed by atoms with van der Waals surface area (Å²) in [5.74, 6) is 0.563. The van der Waals surface area contributed by atoms with Crippen molar-refractivity contribution < 1.29 is 0 Å². The van der Waals surface area contributed by atoms with Crippen LogP contribution in [0.1, 0.15) is 34.1 Å². The van der Waals surface area contributed by atoms with Crippen LogP contribution < -0.4 is 0 Å². The molecule has 0 aromatic carbocycles. The van der Waals surface area contributed by atoms with Gasteiger partial charge in [0.05, 0.1) is 0 Å². The van der Waals surface area contributed by atoms with Crippen LogP contribution in [0.3, 0.4) is 0 Å². The van der Waals surface area contributed by atoms with Gasteiger partial charge < -0.3 is 0 Å². The molecule has 0 spiro atoms. The van der Waals surface area contributed by atoms with Crippen molar-refractivity contribution in [3.63, 3.8) is 0 Å². The van der Waals surface area contributed by atoms with Gasteiger partial charge in [0.15, 0.2) is 0 Å². The van der Waals surface area contributed by atoms with Gasteiger partial charge >= 0.3 is 0 Å². The van der Waals surface area contributed by atoms with Crippen LogP contribution in [0.5, 0.6) is 0 Å². The summed E-state index contributed by atoms with van der Waals surface area (Å²) in [4.78, 5) is 4.41. The molecule has 0 aromatic rings. The normalized spacial score (nSPS) is 14.8. The monoisotopic (exact) mass is 202 g/mol. The van der Waals surface area contributed by atoms with E-state index in [0.717, 1.165) is 13.0 Å². The lowest BCUT2D eigenvalue weighted by Crippen LogP contribution is -2.15. The van der Waals surface area contributed by atoms with E-state index in [4.69, 9.17) is 17.0 Å². The molecule has 2 nitrogen and oxygen atoms in total. The Morgan fingerprint density at radius 2 is 1.92 bits per heavy atom. The first-order valence-corrected chi connectivity index (χ1v) is 5.14. The quantitative estimate of drug-likeness (QED) is 0.664. The minimum absolute atomic E-state index is 0.106. The predicted octanol–water partition coefficient (Wildman–Crippen LogP) is 3.35. The zero-order valence-electron chi connectivity index (χ0n) is 8.89. The molecule has 0 fully saturated rings. The van der Waals surface area contributed by atoms with Crippen molar-refractivity contribution in [1.82, 2.24) is 0 Å². The molecule has 1 unspecified atom stereocenters. The number of aliphatic imine (C=N–C) groups is 1. The number of nitrogens with zero attached hydrogens (tertiary/aromatic N) is 1. The largest absolute Gasteiger partial charge is 0.294 e. The summed E-state index contributed by atoms with van der Waals surface area (Å²) >= 11 is 5.61. The number of rotatable bonds is 5. The van der Waals surface area contributed by atoms with E-state index >= 15 is 0 Å². The Balaban J connectivity index is 4.27. The Morgan fingerprint density at radius 1 is 1.38 bits per heavy atom. The second-order valence-corrected chi connectivity index (χ2v) is 3.98. The molecule has 0 aliphatic heterocycles. The number of hydrogen-bond donors (Lipinski definition) is 1. The molecular formula is C10H19ClN2. The van der Waals surface area contributed by atoms with Gasteiger partial charge in [0.1, 0.15) is 5.17 Å². The summed E-state index contributed by atoms with van der Waals surface area (Å²) in [5, 5.41) is 7.50. The van der Waals surface area contributed by atoms with Crippen molar-refractivity contribution in [3.05, 3.63) is 0 Å². The highest BCUT2D eigenvalue weighted by atomic mass is 35.5. The van der Waals surface area contributed by atoms with Crippen LogP contribution in [-0.2, 0) is 0 Å². The maximum absolute atomic E-state index is 7.28. The first-order valence-electron chi connectivity index (χ1n) is 4.76. The Kier molecular flexibility index (Phi) is 5.97. The third-order valence-electron chi connectivity index (χ3n) is 1.98. The van der Waals surface area contributed by atoms with Crippen LogP contribution >= 0.6 is 11.6 Å². The minimum Gasteiger partial charge on any atom is -0.294 e. The van der Waals surface area contributed by atoms with Gasteiger partial charge in [-0.15, -0.1) is 0 Å². The fourth-order valence-electron chi connectivity index (χ4n) is 1.09. The van der Waals surface area contributed by atoms with Gasteiger partial charge in [0, 0.05) is 18.2 Å². The van der Waals surface area contributed by atoms with Crippen molar-refractivity contribution in [3.8, 4) is 0 Å². The van der Waals surface area contributed by atoms with Gasteiger partial charge in [0.2, 0.25) is 0 Å². The van der Waals surface area contributed by atoms with E-state index < -0.39 is 0 Å². The molecule has 0 aliphatic rings. The van der Waals surface area contributed by atoms with E-state index in [9.17, 15) is 0 Å². The SMILES string of the molecule is CCN=C(CC(C)C(=N)Cl)C(C)C. The van der Waals surface area contributed by atoms with Crippen LogP contribution in [0, 0.1) is 17.2 Å². The van der Waals surface area contributed by atoms with Crippen molar-refractivity contribution in [2.45, 2.75) is 34.1 Å². The first kappa shape index (κ1) is 12.6. The highest BCUT2D eigenvalue weighted by molar-refractivity contribution is 6.65. The Morgan fingerprint density at radius 3 is 2.23 bits per heavy atom. The average molecular weight is 203 g/mol. The summed E-state index contributed by atoms with van der Waals surface area (Å²) < 4.78 is 0. The summed E-state index contributed by atoms with van der Waals surface area (Å²) in [6.07, 6.45) is 0.813. The first-order chi connectivity index (χ1) is 5.99. The van der Waals surface area contributed by atoms with Crippen molar-refractivity contribution in [2.24, 2.45) is 16.8 Å². The van der Waals surface area contributed by atoms with E-state index in [2.05, 4.69) is 18.8 Å². The Bertz CT molecular complexity index is 197. The summed E-state index contributed by atoms with van der Waals surface area (Å²) in [7, 11) is 0. The predicted molar refractivity (Wildman–Crippen MR) is 60.2 cm³/mol. The highest BCUT2D eigenvalue weighted by Crippen LogP contribution is 2.12. The minimum atomic E-state index is 0.106. The molecule has 0 aliphatic carbocycles. The van der Waals surface area contributed by atoms with Crippen LogP contribution in [-0.4, -0.2) is 17.4 Å². The molecule has 1 atom stereocenters. The highest BCUT2D eigenvalue weighted by Gasteiger charge is 2.12. The molecule has 0 saturated heterocycles. The molecule has 3 heteroatoms. The molecule has 1 N–H and O–H groups in total. The molecule has 0 heterocycles. The summed E-state index contributed by atoms with van der Waals surface area (Å²) in [6.45, 7) is 9.05. The standard InChI is InChI=1S/C10H19ClN2/c1-5-13-9(7(2)3)6-8(4)10(11)12/h7-8,12H,5-6H2,1-4H3. The van der Waals surface area contributed by atoms with Crippen LogP contribution in [0.4, 0.5) is 0 Å². The smallest absolute Gasteiger partial charge is 0.100 e. The average Bonchev–Trinajstić information content (AvgIpc) is 2.03. The van der Waals surface area contributed by atoms with E-state index in [0.29, 0.717) is 5.92 Å². The van der Waals surface area contributed by atoms with Gasteiger partial charge in [-0.2, -0.15) is 0 Å². The van der Waals surface area contributed by atoms with Gasteiger partial charge in [0.25, 0.3) is 0 Å². The molecule has 13 heavy (non-hydrogen) atoms. The summed E-state index contributed by atoms with van der Waals surface area (Å²) in [5.41, 5.74) is 1.17. The van der Waals surface area contributed by atoms with Crippen LogP contribution in [0.2, 0.25) is 0 Å². The third kappa shape index (κ3) is 5.04. The van der Waals surface area contributed by atoms with Gasteiger partial charge in [-0.1, -0.05) is 32.4 Å². The molecule has 0 radical (unpaired) electrons. The number of nitrogens with one attached hydrogen (secondary N) is 1. The van der Waals surface area contributed by atoms with Crippen LogP contribution in [0.25, 0.3) is 0 Å². The fraction of sp³-hybridized carbons (Fsp3) is 0.800. The lowest BCUT2D eigenvalue weighted by molar-refractivity contribution is 0.756. The number of hydrogen-bond acceptors (Lipinski definition) is 2. The fourth-order valence-corrected chi connectivity index (χ4v) is 1.17. The van der Waals surface area contributed by atoms with Gasteiger partial charge in [-0.05, 0) is 19.3 Å². The van der Waals surface area contributed by atoms with Crippen molar-refractivity contribution >= 4 is 22.5 Å². The second kappa shape index (κ2) is 6.14. The zero-order chi connectivity index (χ0) is 10.4. The Labute approximate surface area is 85.9 Å². The third-order valence-corrected chi connectivity index (χ3v) is 2.35. The van der Waals surface area contributed by atoms with Crippen molar-refractivity contribution in [1.29, 1.82) is 5.41 Å². The van der Waals surface area contributed by atoms with Gasteiger partial charge in [-0.3, -0.25) is 10.4 Å². The maximum atomic E-state index is 7.28. The zero-order valence-corrected chi connectivity index (χ0v) is 9.65. The lowest BCUT2D eigenvalue weighted by atomic mass is 9.97. The molecular weight excluding hydrogens is 184 g/mol. The number of halogens is 1. The maximum Gasteiger partial charge on any atom is 0.100 e.